The van der Waals surface area contributed by atoms with Crippen molar-refractivity contribution in [2.75, 3.05) is 5.32 Å². The molecule has 0 aromatic heterocycles. The van der Waals surface area contributed by atoms with Gasteiger partial charge in [0.1, 0.15) is 0 Å². The Morgan fingerprint density at radius 1 is 1.04 bits per heavy atom. The van der Waals surface area contributed by atoms with Crippen molar-refractivity contribution in [3.05, 3.63) is 71.3 Å². The first-order chi connectivity index (χ1) is 11.3. The molecule has 7 heteroatoms. The van der Waals surface area contributed by atoms with Gasteiger partial charge in [0.15, 0.2) is 0 Å². The summed E-state index contributed by atoms with van der Waals surface area (Å²) in [5, 5.41) is 11.0. The number of halogens is 3. The molecule has 0 saturated carbocycles. The van der Waals surface area contributed by atoms with Gasteiger partial charge in [-0.2, -0.15) is 13.2 Å². The third-order valence-electron chi connectivity index (χ3n) is 3.01. The summed E-state index contributed by atoms with van der Waals surface area (Å²) >= 11 is 0. The minimum absolute atomic E-state index is 0.0151. The van der Waals surface area contributed by atoms with Crippen molar-refractivity contribution in [1.82, 2.24) is 0 Å². The molecule has 0 bridgehead atoms. The molecule has 0 atom stereocenters. The highest BCUT2D eigenvalue weighted by molar-refractivity contribution is 6.04. The molecular weight excluding hydrogens is 323 g/mol. The number of rotatable bonds is 4. The second kappa shape index (κ2) is 6.99. The minimum atomic E-state index is -4.50. The van der Waals surface area contributed by atoms with Crippen molar-refractivity contribution in [2.24, 2.45) is 0 Å². The van der Waals surface area contributed by atoms with Gasteiger partial charge in [-0.05, 0) is 42.0 Å². The maximum Gasteiger partial charge on any atom is 0.416 e. The van der Waals surface area contributed by atoms with Crippen LogP contribution in [0.25, 0.3) is 6.08 Å². The van der Waals surface area contributed by atoms with Gasteiger partial charge in [-0.25, -0.2) is 4.79 Å². The normalized spacial score (nSPS) is 11.5. The molecule has 0 saturated heterocycles. The Morgan fingerprint density at radius 3 is 2.42 bits per heavy atom. The maximum atomic E-state index is 12.7. The maximum absolute atomic E-state index is 12.7. The summed E-state index contributed by atoms with van der Waals surface area (Å²) in [6.45, 7) is 0. The Balaban J connectivity index is 2.18. The molecule has 0 heterocycles. The number of amides is 1. The Hall–Kier alpha value is -3.09. The lowest BCUT2D eigenvalue weighted by Crippen LogP contribution is -2.13. The van der Waals surface area contributed by atoms with Crippen molar-refractivity contribution < 1.29 is 27.9 Å². The summed E-state index contributed by atoms with van der Waals surface area (Å²) in [7, 11) is 0. The van der Waals surface area contributed by atoms with Gasteiger partial charge in [0.05, 0.1) is 5.56 Å². The predicted octanol–water partition coefficient (Wildman–Crippen LogP) is 4.06. The van der Waals surface area contributed by atoms with E-state index in [0.29, 0.717) is 5.56 Å². The second-order valence-electron chi connectivity index (χ2n) is 4.83. The highest BCUT2D eigenvalue weighted by Crippen LogP contribution is 2.30. The van der Waals surface area contributed by atoms with E-state index >= 15 is 0 Å². The summed E-state index contributed by atoms with van der Waals surface area (Å²) in [5.74, 6) is -1.73. The second-order valence-corrected chi connectivity index (χ2v) is 4.83. The summed E-state index contributed by atoms with van der Waals surface area (Å²) in [4.78, 5) is 22.6. The molecule has 0 unspecified atom stereocenters. The first-order valence-corrected chi connectivity index (χ1v) is 6.75. The van der Waals surface area contributed by atoms with Gasteiger partial charge in [0, 0.05) is 17.3 Å². The van der Waals surface area contributed by atoms with Crippen LogP contribution in [-0.2, 0) is 11.0 Å². The van der Waals surface area contributed by atoms with Crippen LogP contribution in [0, 0.1) is 0 Å². The van der Waals surface area contributed by atoms with Crippen molar-refractivity contribution in [1.29, 1.82) is 0 Å². The molecule has 0 aliphatic rings. The van der Waals surface area contributed by atoms with Crippen LogP contribution in [0.3, 0.4) is 0 Å². The molecule has 124 valence electrons. The van der Waals surface area contributed by atoms with Crippen LogP contribution in [0.2, 0.25) is 0 Å². The third kappa shape index (κ3) is 4.70. The zero-order valence-electron chi connectivity index (χ0n) is 12.2. The highest BCUT2D eigenvalue weighted by Gasteiger charge is 2.30. The lowest BCUT2D eigenvalue weighted by molar-refractivity contribution is -0.137. The summed E-state index contributed by atoms with van der Waals surface area (Å²) in [6.07, 6.45) is -2.27. The standard InChI is InChI=1S/C17H12F3NO3/c18-17(19,20)13-5-2-6-14(10-13)21-16(24)12-4-1-3-11(9-12)7-8-15(22)23/h1-10H,(H,21,24)(H,22,23)/b8-7+. The quantitative estimate of drug-likeness (QED) is 0.828. The topological polar surface area (TPSA) is 66.4 Å². The van der Waals surface area contributed by atoms with E-state index in [2.05, 4.69) is 5.32 Å². The average Bonchev–Trinajstić information content (AvgIpc) is 2.52. The molecule has 24 heavy (non-hydrogen) atoms. The lowest BCUT2D eigenvalue weighted by atomic mass is 10.1. The van der Waals surface area contributed by atoms with Crippen LogP contribution in [0.1, 0.15) is 21.5 Å². The summed E-state index contributed by atoms with van der Waals surface area (Å²) in [5.41, 5.74) is -0.172. The van der Waals surface area contributed by atoms with Crippen molar-refractivity contribution in [3.63, 3.8) is 0 Å². The number of benzene rings is 2. The summed E-state index contributed by atoms with van der Waals surface area (Å²) in [6, 6.07) is 10.3. The van der Waals surface area contributed by atoms with Gasteiger partial charge in [-0.15, -0.1) is 0 Å². The van der Waals surface area contributed by atoms with Gasteiger partial charge in [0.25, 0.3) is 5.91 Å². The highest BCUT2D eigenvalue weighted by atomic mass is 19.4. The fourth-order valence-corrected chi connectivity index (χ4v) is 1.93. The molecule has 0 fully saturated rings. The predicted molar refractivity (Wildman–Crippen MR) is 82.5 cm³/mol. The van der Waals surface area contributed by atoms with Gasteiger partial charge < -0.3 is 10.4 Å². The van der Waals surface area contributed by atoms with Gasteiger partial charge in [-0.3, -0.25) is 4.79 Å². The molecule has 2 rings (SSSR count). The van der Waals surface area contributed by atoms with E-state index in [1.54, 1.807) is 12.1 Å². The molecule has 0 aliphatic heterocycles. The van der Waals surface area contributed by atoms with Gasteiger partial charge in [-0.1, -0.05) is 18.2 Å². The lowest BCUT2D eigenvalue weighted by Gasteiger charge is -2.10. The zero-order chi connectivity index (χ0) is 17.7. The minimum Gasteiger partial charge on any atom is -0.478 e. The molecule has 0 spiro atoms. The Morgan fingerprint density at radius 2 is 1.75 bits per heavy atom. The smallest absolute Gasteiger partial charge is 0.416 e. The Bertz CT molecular complexity index is 798. The van der Waals surface area contributed by atoms with E-state index < -0.39 is 23.6 Å². The fourth-order valence-electron chi connectivity index (χ4n) is 1.93. The number of aliphatic carboxylic acids is 1. The van der Waals surface area contributed by atoms with Crippen molar-refractivity contribution >= 4 is 23.6 Å². The third-order valence-corrected chi connectivity index (χ3v) is 3.01. The van der Waals surface area contributed by atoms with E-state index in [4.69, 9.17) is 5.11 Å². The summed E-state index contributed by atoms with van der Waals surface area (Å²) < 4.78 is 38.0. The van der Waals surface area contributed by atoms with Crippen molar-refractivity contribution in [3.8, 4) is 0 Å². The molecule has 4 nitrogen and oxygen atoms in total. The van der Waals surface area contributed by atoms with E-state index in [1.807, 2.05) is 0 Å². The number of hydrogen-bond acceptors (Lipinski definition) is 2. The van der Waals surface area contributed by atoms with Gasteiger partial charge >= 0.3 is 12.1 Å². The molecule has 2 aromatic carbocycles. The number of carbonyl (C=O) groups is 2. The fraction of sp³-hybridized carbons (Fsp3) is 0.0588. The number of anilines is 1. The molecule has 0 aliphatic carbocycles. The number of nitrogens with one attached hydrogen (secondary N) is 1. The molecule has 2 N–H and O–H groups in total. The molecule has 2 aromatic rings. The number of alkyl halides is 3. The molecule has 1 amide bonds. The largest absolute Gasteiger partial charge is 0.478 e. The van der Waals surface area contributed by atoms with Crippen LogP contribution in [-0.4, -0.2) is 17.0 Å². The number of hydrogen-bond donors (Lipinski definition) is 2. The van der Waals surface area contributed by atoms with E-state index in [0.717, 1.165) is 18.2 Å². The van der Waals surface area contributed by atoms with Crippen LogP contribution >= 0.6 is 0 Å². The zero-order valence-corrected chi connectivity index (χ0v) is 12.2. The van der Waals surface area contributed by atoms with E-state index in [1.165, 1.54) is 30.3 Å². The average molecular weight is 335 g/mol. The van der Waals surface area contributed by atoms with Crippen LogP contribution in [0.5, 0.6) is 0 Å². The number of carboxylic acid groups (broad SMARTS) is 1. The van der Waals surface area contributed by atoms with E-state index in [-0.39, 0.29) is 11.3 Å². The SMILES string of the molecule is O=C(O)/C=C/c1cccc(C(=O)Nc2cccc(C(F)(F)F)c2)c1. The van der Waals surface area contributed by atoms with Crippen LogP contribution < -0.4 is 5.32 Å². The number of carboxylic acids is 1. The molecular formula is C17H12F3NO3. The first kappa shape index (κ1) is 17.3. The first-order valence-electron chi connectivity index (χ1n) is 6.75. The molecule has 0 radical (unpaired) electrons. The van der Waals surface area contributed by atoms with Crippen LogP contribution in [0.15, 0.2) is 54.6 Å². The van der Waals surface area contributed by atoms with Crippen molar-refractivity contribution in [2.45, 2.75) is 6.18 Å². The van der Waals surface area contributed by atoms with Crippen LogP contribution in [0.4, 0.5) is 18.9 Å². The number of carbonyl (C=O) groups excluding carboxylic acids is 1. The van der Waals surface area contributed by atoms with E-state index in [9.17, 15) is 22.8 Å². The van der Waals surface area contributed by atoms with Gasteiger partial charge in [0.2, 0.25) is 0 Å². The monoisotopic (exact) mass is 335 g/mol. The Kier molecular flexibility index (Phi) is 5.03. The Labute approximate surface area is 135 Å².